The third kappa shape index (κ3) is 69.6. The van der Waals surface area contributed by atoms with Crippen molar-refractivity contribution in [1.29, 1.82) is 0 Å². The van der Waals surface area contributed by atoms with Gasteiger partial charge in [0.1, 0.15) is 0 Å². The summed E-state index contributed by atoms with van der Waals surface area (Å²) in [4.78, 5) is 24.7. The summed E-state index contributed by atoms with van der Waals surface area (Å²) in [7, 11) is 0. The molecule has 2 atom stereocenters. The molecule has 1 amide bonds. The largest absolute Gasteiger partial charge is 0.466 e. The predicted octanol–water partition coefficient (Wildman–Crippen LogP) is 25.1. The average Bonchev–Trinajstić information content (AvgIpc) is 3.48. The van der Waals surface area contributed by atoms with Gasteiger partial charge in [-0.05, 0) is 51.4 Å². The zero-order valence-electron chi connectivity index (χ0n) is 56.7. The molecule has 0 aromatic heterocycles. The monoisotopic (exact) mass is 1170 g/mol. The maximum atomic E-state index is 12.6. The summed E-state index contributed by atoms with van der Waals surface area (Å²) < 4.78 is 5.52. The van der Waals surface area contributed by atoms with Crippen LogP contribution in [-0.4, -0.2) is 47.4 Å². The quantitative estimate of drug-likeness (QED) is 0.0320. The standard InChI is InChI=1S/C77H151NO5/c1-3-5-7-9-11-13-15-17-19-21-23-24-30-34-37-41-45-49-53-57-61-65-69-75(80)74(73-79)78-76(81)70-66-62-58-54-50-46-42-38-35-31-28-26-25-27-29-32-36-40-44-48-52-56-60-64-68-72-83-77(82)71-67-63-59-55-51-47-43-39-33-22-20-18-16-14-12-10-8-6-4-2/h18,20,74-75,79-80H,3-17,19,21-73H2,1-2H3,(H,78,81)/b20-18-. The van der Waals surface area contributed by atoms with Gasteiger partial charge in [0.25, 0.3) is 0 Å². The van der Waals surface area contributed by atoms with Gasteiger partial charge < -0.3 is 20.3 Å². The second-order valence-electron chi connectivity index (χ2n) is 26.7. The highest BCUT2D eigenvalue weighted by Gasteiger charge is 2.20. The minimum atomic E-state index is -0.664. The van der Waals surface area contributed by atoms with Gasteiger partial charge in [-0.15, -0.1) is 0 Å². The maximum Gasteiger partial charge on any atom is 0.305 e. The van der Waals surface area contributed by atoms with Gasteiger partial charge >= 0.3 is 5.97 Å². The SMILES string of the molecule is CCCCCCCC/C=C\CCCCCCCCCCCC(=O)OCCCCCCCCCCCCCCCCCCCCCCCCCCCC(=O)NC(CO)C(O)CCCCCCCCCCCCCCCCCCCCCCCC. The minimum absolute atomic E-state index is 0.0175. The molecule has 0 aromatic carbocycles. The molecule has 0 radical (unpaired) electrons. The van der Waals surface area contributed by atoms with E-state index in [1.54, 1.807) is 0 Å². The Morgan fingerprint density at radius 3 is 0.855 bits per heavy atom. The molecule has 494 valence electrons. The number of carbonyl (C=O) groups excluding carboxylic acids is 2. The van der Waals surface area contributed by atoms with Gasteiger partial charge in [-0.1, -0.05) is 392 Å². The maximum absolute atomic E-state index is 12.6. The zero-order valence-corrected chi connectivity index (χ0v) is 56.7. The van der Waals surface area contributed by atoms with Crippen molar-refractivity contribution in [2.45, 2.75) is 456 Å². The molecule has 6 nitrogen and oxygen atoms in total. The van der Waals surface area contributed by atoms with Crippen LogP contribution in [0.15, 0.2) is 12.2 Å². The third-order valence-corrected chi connectivity index (χ3v) is 18.3. The Labute approximate surface area is 520 Å². The van der Waals surface area contributed by atoms with Crippen LogP contribution >= 0.6 is 0 Å². The van der Waals surface area contributed by atoms with Gasteiger partial charge in [-0.25, -0.2) is 0 Å². The van der Waals surface area contributed by atoms with Crippen LogP contribution in [0.3, 0.4) is 0 Å². The summed E-state index contributed by atoms with van der Waals surface area (Å²) >= 11 is 0. The molecule has 0 aliphatic carbocycles. The zero-order chi connectivity index (χ0) is 59.9. The molecule has 3 N–H and O–H groups in total. The fourth-order valence-electron chi connectivity index (χ4n) is 12.5. The first kappa shape index (κ1) is 81.6. The summed E-state index contributed by atoms with van der Waals surface area (Å²) in [5.41, 5.74) is 0. The first-order valence-electron chi connectivity index (χ1n) is 38.4. The second kappa shape index (κ2) is 73.1. The second-order valence-corrected chi connectivity index (χ2v) is 26.7. The smallest absolute Gasteiger partial charge is 0.305 e. The first-order chi connectivity index (χ1) is 41.0. The van der Waals surface area contributed by atoms with E-state index in [1.165, 1.54) is 372 Å². The molecule has 0 aliphatic rings. The summed E-state index contributed by atoms with van der Waals surface area (Å²) in [6, 6.07) is -0.541. The summed E-state index contributed by atoms with van der Waals surface area (Å²) in [6.07, 6.45) is 91.4. The minimum Gasteiger partial charge on any atom is -0.466 e. The Hall–Kier alpha value is -1.40. The lowest BCUT2D eigenvalue weighted by molar-refractivity contribution is -0.143. The van der Waals surface area contributed by atoms with Gasteiger partial charge in [-0.2, -0.15) is 0 Å². The van der Waals surface area contributed by atoms with Gasteiger partial charge in [0.2, 0.25) is 5.91 Å². The van der Waals surface area contributed by atoms with E-state index in [0.717, 1.165) is 38.5 Å². The number of rotatable bonds is 73. The fourth-order valence-corrected chi connectivity index (χ4v) is 12.5. The van der Waals surface area contributed by atoms with Crippen molar-refractivity contribution < 1.29 is 24.5 Å². The number of allylic oxidation sites excluding steroid dienone is 2. The molecule has 0 rings (SSSR count). The molecule has 0 aromatic rings. The van der Waals surface area contributed by atoms with Crippen molar-refractivity contribution in [1.82, 2.24) is 5.32 Å². The van der Waals surface area contributed by atoms with Crippen LogP contribution in [0.2, 0.25) is 0 Å². The van der Waals surface area contributed by atoms with E-state index in [4.69, 9.17) is 4.74 Å². The first-order valence-corrected chi connectivity index (χ1v) is 38.4. The molecule has 0 saturated carbocycles. The van der Waals surface area contributed by atoms with Crippen LogP contribution < -0.4 is 5.32 Å². The van der Waals surface area contributed by atoms with Gasteiger partial charge in [0.05, 0.1) is 25.4 Å². The van der Waals surface area contributed by atoms with Crippen LogP contribution in [0.1, 0.15) is 444 Å². The molecule has 0 saturated heterocycles. The molecular weight excluding hydrogens is 1020 g/mol. The van der Waals surface area contributed by atoms with E-state index in [-0.39, 0.29) is 18.5 Å². The number of unbranched alkanes of at least 4 members (excludes halogenated alkanes) is 60. The Balaban J connectivity index is 3.34. The Morgan fingerprint density at radius 1 is 0.325 bits per heavy atom. The van der Waals surface area contributed by atoms with Gasteiger partial charge in [-0.3, -0.25) is 9.59 Å². The summed E-state index contributed by atoms with van der Waals surface area (Å²) in [5.74, 6) is -0.0101. The van der Waals surface area contributed by atoms with Gasteiger partial charge in [0, 0.05) is 12.8 Å². The number of nitrogens with one attached hydrogen (secondary N) is 1. The van der Waals surface area contributed by atoms with Crippen molar-refractivity contribution in [3.05, 3.63) is 12.2 Å². The van der Waals surface area contributed by atoms with E-state index in [1.807, 2.05) is 0 Å². The Morgan fingerprint density at radius 2 is 0.566 bits per heavy atom. The highest BCUT2D eigenvalue weighted by Crippen LogP contribution is 2.20. The van der Waals surface area contributed by atoms with Crippen molar-refractivity contribution in [3.8, 4) is 0 Å². The number of hydrogen-bond donors (Lipinski definition) is 3. The van der Waals surface area contributed by atoms with Crippen molar-refractivity contribution in [3.63, 3.8) is 0 Å². The molecular formula is C77H151NO5. The summed E-state index contributed by atoms with van der Waals surface area (Å²) in [5, 5.41) is 23.5. The van der Waals surface area contributed by atoms with Crippen LogP contribution in [0.5, 0.6) is 0 Å². The van der Waals surface area contributed by atoms with Crippen molar-refractivity contribution in [2.75, 3.05) is 13.2 Å². The Bertz CT molecular complexity index is 1260. The molecule has 6 heteroatoms. The fraction of sp³-hybridized carbons (Fsp3) is 0.948. The highest BCUT2D eigenvalue weighted by atomic mass is 16.5. The molecule has 0 heterocycles. The molecule has 0 aliphatic heterocycles. The topological polar surface area (TPSA) is 95.9 Å². The lowest BCUT2D eigenvalue weighted by atomic mass is 10.0. The van der Waals surface area contributed by atoms with E-state index in [9.17, 15) is 19.8 Å². The number of aliphatic hydroxyl groups excluding tert-OH is 2. The number of aliphatic hydroxyl groups is 2. The molecule has 2 unspecified atom stereocenters. The highest BCUT2D eigenvalue weighted by molar-refractivity contribution is 5.76. The van der Waals surface area contributed by atoms with Crippen molar-refractivity contribution >= 4 is 11.9 Å². The lowest BCUT2D eigenvalue weighted by Gasteiger charge is -2.22. The normalized spacial score (nSPS) is 12.5. The number of carbonyl (C=O) groups is 2. The molecule has 0 fully saturated rings. The van der Waals surface area contributed by atoms with Crippen molar-refractivity contribution in [2.24, 2.45) is 0 Å². The molecule has 0 bridgehead atoms. The Kier molecular flexibility index (Phi) is 71.8. The van der Waals surface area contributed by atoms with Gasteiger partial charge in [0.15, 0.2) is 0 Å². The van der Waals surface area contributed by atoms with Crippen LogP contribution in [0, 0.1) is 0 Å². The molecule has 83 heavy (non-hydrogen) atoms. The number of ether oxygens (including phenoxy) is 1. The third-order valence-electron chi connectivity index (χ3n) is 18.3. The summed E-state index contributed by atoms with van der Waals surface area (Å²) in [6.45, 7) is 5.00. The average molecular weight is 1170 g/mol. The lowest BCUT2D eigenvalue weighted by Crippen LogP contribution is -2.45. The van der Waals surface area contributed by atoms with E-state index in [0.29, 0.717) is 25.9 Å². The predicted molar refractivity (Wildman–Crippen MR) is 366 cm³/mol. The van der Waals surface area contributed by atoms with Crippen LogP contribution in [-0.2, 0) is 14.3 Å². The number of hydrogen-bond acceptors (Lipinski definition) is 5. The van der Waals surface area contributed by atoms with E-state index in [2.05, 4.69) is 31.3 Å². The number of amides is 1. The number of esters is 1. The van der Waals surface area contributed by atoms with E-state index < -0.39 is 12.1 Å². The van der Waals surface area contributed by atoms with E-state index >= 15 is 0 Å². The van der Waals surface area contributed by atoms with Crippen LogP contribution in [0.4, 0.5) is 0 Å². The molecule has 0 spiro atoms. The van der Waals surface area contributed by atoms with Crippen LogP contribution in [0.25, 0.3) is 0 Å².